The number of aromatic nitrogens is 8. The maximum atomic E-state index is 5.66. The first-order valence-electron chi connectivity index (χ1n) is 21.3. The molecule has 321 valence electrons. The number of hydrogen-bond donors (Lipinski definition) is 0. The standard InChI is InChI=1S/C23H28N6O2.C22H25N6O2.Y/c1-15-12-18(6-7-24-15)20-5-4-19-21(25-20)26-23(29-9-11-31-14-17(29)3)27-22(19)28-8-10-30-13-16(28)2;1-15-13-29-11-9-27(15)21-18-3-4-19(17-5-7-23-8-6-17)24-20(18)25-22(26-21)28-10-12-30-14-16(28)2;/h4-7,12,16-17H,8-11,13-14H2,1-3H3;3-7,15-16H,9-14H2,1-2H3;/q;-1;/t16-,17-;15-,16-;/m00./s1. The van der Waals surface area contributed by atoms with Gasteiger partial charge in [-0.1, -0.05) is 12.4 Å². The van der Waals surface area contributed by atoms with Crippen LogP contribution in [0.3, 0.4) is 0 Å². The van der Waals surface area contributed by atoms with Crippen molar-refractivity contribution in [1.82, 2.24) is 39.9 Å². The first kappa shape index (κ1) is 44.0. The largest absolute Gasteiger partial charge is 0.394 e. The molecule has 0 spiro atoms. The summed E-state index contributed by atoms with van der Waals surface area (Å²) >= 11 is 0. The molecule has 4 aliphatic heterocycles. The van der Waals surface area contributed by atoms with E-state index in [1.165, 1.54) is 0 Å². The van der Waals surface area contributed by atoms with Gasteiger partial charge in [0.2, 0.25) is 11.9 Å². The molecule has 0 unspecified atom stereocenters. The summed E-state index contributed by atoms with van der Waals surface area (Å²) in [6.07, 6.45) is 6.42. The smallest absolute Gasteiger partial charge is 0.229 e. The van der Waals surface area contributed by atoms with Crippen LogP contribution in [-0.4, -0.2) is 143 Å². The second kappa shape index (κ2) is 19.9. The van der Waals surface area contributed by atoms with E-state index in [4.69, 9.17) is 48.9 Å². The first-order valence-corrected chi connectivity index (χ1v) is 21.3. The maximum Gasteiger partial charge on any atom is 0.229 e. The van der Waals surface area contributed by atoms with Crippen molar-refractivity contribution in [3.05, 3.63) is 72.8 Å². The number of morpholine rings is 4. The van der Waals surface area contributed by atoms with Gasteiger partial charge >= 0.3 is 0 Å². The number of aryl methyl sites for hydroxylation is 1. The summed E-state index contributed by atoms with van der Waals surface area (Å²) in [7, 11) is 0. The Labute approximate surface area is 387 Å². The van der Waals surface area contributed by atoms with Gasteiger partial charge in [-0.3, -0.25) is 4.98 Å². The zero-order valence-electron chi connectivity index (χ0n) is 36.1. The minimum atomic E-state index is 0. The van der Waals surface area contributed by atoms with Crippen molar-refractivity contribution in [2.24, 2.45) is 0 Å². The average molecular weight is 915 g/mol. The normalized spacial score (nSPS) is 22.0. The van der Waals surface area contributed by atoms with Crippen LogP contribution in [0.4, 0.5) is 23.5 Å². The molecule has 10 rings (SSSR count). The second-order valence-electron chi connectivity index (χ2n) is 16.2. The van der Waals surface area contributed by atoms with Crippen LogP contribution in [0.25, 0.3) is 44.6 Å². The van der Waals surface area contributed by atoms with Gasteiger partial charge in [-0.05, 0) is 71.0 Å². The average Bonchev–Trinajstić information content (AvgIpc) is 3.29. The third-order valence-electron chi connectivity index (χ3n) is 11.7. The van der Waals surface area contributed by atoms with E-state index in [0.717, 1.165) is 76.8 Å². The van der Waals surface area contributed by atoms with Crippen LogP contribution < -0.4 is 19.6 Å². The van der Waals surface area contributed by atoms with Gasteiger partial charge in [-0.15, -0.1) is 17.7 Å². The molecule has 6 aromatic rings. The van der Waals surface area contributed by atoms with Crippen LogP contribution in [0.1, 0.15) is 33.4 Å². The third kappa shape index (κ3) is 9.50. The fraction of sp³-hybridized carbons (Fsp3) is 0.467. The van der Waals surface area contributed by atoms with Crippen molar-refractivity contribution in [3.63, 3.8) is 0 Å². The molecule has 6 aromatic heterocycles. The van der Waals surface area contributed by atoms with Gasteiger partial charge in [-0.25, -0.2) is 9.97 Å². The van der Waals surface area contributed by atoms with Crippen LogP contribution >= 0.6 is 0 Å². The molecule has 4 atom stereocenters. The number of fused-ring (bicyclic) bond motifs is 2. The summed E-state index contributed by atoms with van der Waals surface area (Å²) < 4.78 is 22.6. The molecule has 0 aromatic carbocycles. The molecule has 4 aliphatic rings. The summed E-state index contributed by atoms with van der Waals surface area (Å²) in [4.78, 5) is 47.1. The fourth-order valence-electron chi connectivity index (χ4n) is 8.29. The number of hydrogen-bond acceptors (Lipinski definition) is 16. The van der Waals surface area contributed by atoms with E-state index in [2.05, 4.69) is 75.6 Å². The SMILES string of the molecule is C[C@H]1COCCN1c1nc(N2CCOC[C@@H]2C)c2ccc(-c3c[c-]ncc3)nc2n1.Cc1cc(-c2ccc3c(N4CCOC[C@@H]4C)nc(N4CCOC[C@@H]4C)nc3n2)ccn1.[Y]. The van der Waals surface area contributed by atoms with Crippen molar-refractivity contribution in [2.45, 2.75) is 58.8 Å². The number of ether oxygens (including phenoxy) is 4. The Morgan fingerprint density at radius 2 is 0.984 bits per heavy atom. The predicted molar refractivity (Wildman–Crippen MR) is 235 cm³/mol. The van der Waals surface area contributed by atoms with Crippen molar-refractivity contribution in [1.29, 1.82) is 0 Å². The van der Waals surface area contributed by atoms with Crippen molar-refractivity contribution in [3.8, 4) is 22.5 Å². The van der Waals surface area contributed by atoms with Gasteiger partial charge in [-0.2, -0.15) is 19.9 Å². The van der Waals surface area contributed by atoms with Gasteiger partial charge < -0.3 is 43.5 Å². The minimum Gasteiger partial charge on any atom is -0.394 e. The topological polar surface area (TPSA) is 153 Å². The van der Waals surface area contributed by atoms with Crippen LogP contribution in [0.15, 0.2) is 60.9 Å². The molecule has 62 heavy (non-hydrogen) atoms. The number of rotatable bonds is 6. The van der Waals surface area contributed by atoms with Gasteiger partial charge in [0.25, 0.3) is 0 Å². The Kier molecular flexibility index (Phi) is 14.1. The Hall–Kier alpha value is -4.58. The summed E-state index contributed by atoms with van der Waals surface area (Å²) in [5, 5.41) is 1.92. The molecule has 0 aliphatic carbocycles. The molecule has 4 saturated heterocycles. The van der Waals surface area contributed by atoms with E-state index in [0.29, 0.717) is 76.0 Å². The quantitative estimate of drug-likeness (QED) is 0.202. The molecular weight excluding hydrogens is 861 g/mol. The summed E-state index contributed by atoms with van der Waals surface area (Å²) in [5.41, 5.74) is 6.11. The molecule has 0 N–H and O–H groups in total. The maximum absolute atomic E-state index is 5.66. The molecule has 4 fully saturated rings. The van der Waals surface area contributed by atoms with E-state index in [1.807, 2.05) is 49.5 Å². The van der Waals surface area contributed by atoms with Crippen molar-refractivity contribution >= 4 is 45.6 Å². The Bertz CT molecular complexity index is 2470. The van der Waals surface area contributed by atoms with Crippen LogP contribution in [0.5, 0.6) is 0 Å². The molecule has 17 heteroatoms. The van der Waals surface area contributed by atoms with Crippen molar-refractivity contribution in [2.75, 3.05) is 98.6 Å². The molecule has 1 radical (unpaired) electrons. The molecule has 0 bridgehead atoms. The Morgan fingerprint density at radius 3 is 1.42 bits per heavy atom. The van der Waals surface area contributed by atoms with Crippen LogP contribution in [0, 0.1) is 13.1 Å². The number of pyridine rings is 4. The molecule has 0 amide bonds. The molecule has 0 saturated carbocycles. The zero-order valence-corrected chi connectivity index (χ0v) is 39.0. The molecular formula is C45H53N12O4Y-. The van der Waals surface area contributed by atoms with E-state index in [1.54, 1.807) is 6.20 Å². The fourth-order valence-corrected chi connectivity index (χ4v) is 8.29. The van der Waals surface area contributed by atoms with E-state index >= 15 is 0 Å². The Morgan fingerprint density at radius 1 is 0.532 bits per heavy atom. The summed E-state index contributed by atoms with van der Waals surface area (Å²) in [6, 6.07) is 16.9. The van der Waals surface area contributed by atoms with Gasteiger partial charge in [0.15, 0.2) is 11.3 Å². The van der Waals surface area contributed by atoms with E-state index in [9.17, 15) is 0 Å². The first-order chi connectivity index (χ1) is 29.8. The molecule has 10 heterocycles. The van der Waals surface area contributed by atoms with Gasteiger partial charge in [0.1, 0.15) is 11.6 Å². The number of anilines is 4. The Balaban J connectivity index is 0.000000168. The summed E-state index contributed by atoms with van der Waals surface area (Å²) in [5.74, 6) is 3.27. The van der Waals surface area contributed by atoms with E-state index < -0.39 is 0 Å². The van der Waals surface area contributed by atoms with Crippen LogP contribution in [0.2, 0.25) is 0 Å². The van der Waals surface area contributed by atoms with E-state index in [-0.39, 0.29) is 56.9 Å². The number of nitrogens with zero attached hydrogens (tertiary/aromatic N) is 12. The monoisotopic (exact) mass is 914 g/mol. The van der Waals surface area contributed by atoms with Crippen LogP contribution in [-0.2, 0) is 51.7 Å². The second-order valence-corrected chi connectivity index (χ2v) is 16.2. The molecule has 16 nitrogen and oxygen atoms in total. The summed E-state index contributed by atoms with van der Waals surface area (Å²) in [6.45, 7) is 19.2. The zero-order chi connectivity index (χ0) is 41.9. The third-order valence-corrected chi connectivity index (χ3v) is 11.7. The van der Waals surface area contributed by atoms with Crippen molar-refractivity contribution < 1.29 is 51.7 Å². The predicted octanol–water partition coefficient (Wildman–Crippen LogP) is 5.18. The van der Waals surface area contributed by atoms with Gasteiger partial charge in [0.05, 0.1) is 93.5 Å². The minimum absolute atomic E-state index is 0. The van der Waals surface area contributed by atoms with Gasteiger partial charge in [0, 0.05) is 82.0 Å².